The lowest BCUT2D eigenvalue weighted by Crippen LogP contribution is -2.34. The van der Waals surface area contributed by atoms with Crippen molar-refractivity contribution < 1.29 is 13.2 Å². The van der Waals surface area contributed by atoms with Gasteiger partial charge in [-0.3, -0.25) is 9.79 Å². The van der Waals surface area contributed by atoms with Crippen LogP contribution in [0, 0.1) is 0 Å². The van der Waals surface area contributed by atoms with Crippen molar-refractivity contribution in [1.29, 1.82) is 0 Å². The maximum Gasteiger partial charge on any atom is 0.251 e. The van der Waals surface area contributed by atoms with Crippen molar-refractivity contribution in [2.75, 3.05) is 43.0 Å². The topological polar surface area (TPSA) is 90.9 Å². The summed E-state index contributed by atoms with van der Waals surface area (Å²) in [7, 11) is -2.94. The lowest BCUT2D eigenvalue weighted by Gasteiger charge is -2.18. The lowest BCUT2D eigenvalue weighted by molar-refractivity contribution is 0.0949. The molecule has 1 aromatic carbocycles. The molecule has 3 rings (SSSR count). The maximum absolute atomic E-state index is 12.2. The highest BCUT2D eigenvalue weighted by Crippen LogP contribution is 2.34. The van der Waals surface area contributed by atoms with Crippen LogP contribution in [0.15, 0.2) is 29.3 Å². The fraction of sp³-hybridized carbons (Fsp3) is 0.556. The molecular weight excluding hydrogens is 384 g/mol. The van der Waals surface area contributed by atoms with Crippen LogP contribution in [-0.4, -0.2) is 73.4 Å². The number of amidine groups is 1. The van der Waals surface area contributed by atoms with Crippen LogP contribution in [-0.2, 0) is 9.84 Å². The minimum atomic E-state index is -2.94. The zero-order valence-corrected chi connectivity index (χ0v) is 17.3. The van der Waals surface area contributed by atoms with Gasteiger partial charge in [-0.1, -0.05) is 25.6 Å². The molecule has 9 heteroatoms. The van der Waals surface area contributed by atoms with Gasteiger partial charge in [0.25, 0.3) is 5.91 Å². The monoisotopic (exact) mass is 410 g/mol. The Morgan fingerprint density at radius 1 is 1.22 bits per heavy atom. The number of nitrogens with zero attached hydrogens (tertiary/aromatic N) is 2. The number of benzene rings is 1. The summed E-state index contributed by atoms with van der Waals surface area (Å²) in [6, 6.07) is 7.10. The number of anilines is 1. The Morgan fingerprint density at radius 2 is 1.93 bits per heavy atom. The first-order valence-corrected chi connectivity index (χ1v) is 11.9. The van der Waals surface area contributed by atoms with Gasteiger partial charge in [-0.2, -0.15) is 0 Å². The number of nitrogens with one attached hydrogen (secondary N) is 2. The van der Waals surface area contributed by atoms with Gasteiger partial charge in [0, 0.05) is 29.6 Å². The van der Waals surface area contributed by atoms with Crippen molar-refractivity contribution in [2.45, 2.75) is 25.1 Å². The Morgan fingerprint density at radius 3 is 2.56 bits per heavy atom. The van der Waals surface area contributed by atoms with E-state index >= 15 is 0 Å². The fourth-order valence-electron chi connectivity index (χ4n) is 3.21. The standard InChI is InChI=1S/C18H26N4O3S2/c1-3-22(4-2)10-9-19-17(23)13-5-7-14(8-6-13)20-18-21-15-11-27(24,25)12-16(15)26-18/h5-8,15-16H,3-4,9-12H2,1-2H3,(H,19,23)(H,20,21). The molecule has 0 aromatic heterocycles. The van der Waals surface area contributed by atoms with Gasteiger partial charge in [-0.05, 0) is 37.4 Å². The molecule has 0 bridgehead atoms. The van der Waals surface area contributed by atoms with Gasteiger partial charge in [0.1, 0.15) is 0 Å². The molecule has 0 spiro atoms. The van der Waals surface area contributed by atoms with Gasteiger partial charge in [-0.25, -0.2) is 8.42 Å². The number of likely N-dealkylation sites (N-methyl/N-ethyl adjacent to an activating group) is 1. The second-order valence-electron chi connectivity index (χ2n) is 6.72. The molecule has 1 amide bonds. The van der Waals surface area contributed by atoms with E-state index in [1.54, 1.807) is 12.1 Å². The van der Waals surface area contributed by atoms with Gasteiger partial charge in [0.15, 0.2) is 15.0 Å². The van der Waals surface area contributed by atoms with Crippen LogP contribution in [0.4, 0.5) is 5.69 Å². The van der Waals surface area contributed by atoms with Crippen molar-refractivity contribution in [3.8, 4) is 0 Å². The Balaban J connectivity index is 1.50. The molecule has 2 N–H and O–H groups in total. The highest BCUT2D eigenvalue weighted by molar-refractivity contribution is 8.15. The molecule has 7 nitrogen and oxygen atoms in total. The van der Waals surface area contributed by atoms with E-state index in [2.05, 4.69) is 34.4 Å². The highest BCUT2D eigenvalue weighted by atomic mass is 32.2. The lowest BCUT2D eigenvalue weighted by atomic mass is 10.2. The number of carbonyl (C=O) groups is 1. The highest BCUT2D eigenvalue weighted by Gasteiger charge is 2.42. The predicted octanol–water partition coefficient (Wildman–Crippen LogP) is 1.44. The Labute approximate surface area is 164 Å². The smallest absolute Gasteiger partial charge is 0.251 e. The predicted molar refractivity (Wildman–Crippen MR) is 111 cm³/mol. The summed E-state index contributed by atoms with van der Waals surface area (Å²) >= 11 is 1.48. The summed E-state index contributed by atoms with van der Waals surface area (Å²) in [5.74, 6) is 0.257. The molecular formula is C18H26N4O3S2. The van der Waals surface area contributed by atoms with Crippen LogP contribution in [0.2, 0.25) is 0 Å². The molecule has 148 valence electrons. The largest absolute Gasteiger partial charge is 0.351 e. The van der Waals surface area contributed by atoms with Crippen LogP contribution >= 0.6 is 11.8 Å². The molecule has 0 saturated carbocycles. The molecule has 2 heterocycles. The average molecular weight is 411 g/mol. The molecule has 1 fully saturated rings. The first-order valence-electron chi connectivity index (χ1n) is 9.22. The molecule has 2 unspecified atom stereocenters. The third-order valence-electron chi connectivity index (χ3n) is 4.82. The number of hydrogen-bond acceptors (Lipinski definition) is 7. The van der Waals surface area contributed by atoms with Crippen LogP contribution in [0.25, 0.3) is 0 Å². The number of fused-ring (bicyclic) bond motifs is 1. The zero-order chi connectivity index (χ0) is 19.4. The van der Waals surface area contributed by atoms with Crippen LogP contribution < -0.4 is 10.6 Å². The van der Waals surface area contributed by atoms with Crippen molar-refractivity contribution >= 4 is 38.4 Å². The van der Waals surface area contributed by atoms with Crippen molar-refractivity contribution in [3.63, 3.8) is 0 Å². The van der Waals surface area contributed by atoms with Gasteiger partial charge < -0.3 is 15.5 Å². The SMILES string of the molecule is CCN(CC)CCNC(=O)c1ccc(NC2=NC3CS(=O)(=O)CC3S2)cc1. The summed E-state index contributed by atoms with van der Waals surface area (Å²) in [5.41, 5.74) is 1.45. The molecule has 2 aliphatic rings. The Bertz CT molecular complexity index is 804. The van der Waals surface area contributed by atoms with E-state index in [1.165, 1.54) is 11.8 Å². The zero-order valence-electron chi connectivity index (χ0n) is 15.6. The summed E-state index contributed by atoms with van der Waals surface area (Å²) in [4.78, 5) is 19.0. The molecule has 1 saturated heterocycles. The van der Waals surface area contributed by atoms with Crippen LogP contribution in [0.3, 0.4) is 0 Å². The van der Waals surface area contributed by atoms with E-state index in [0.29, 0.717) is 12.1 Å². The van der Waals surface area contributed by atoms with Crippen molar-refractivity contribution in [2.24, 2.45) is 4.99 Å². The van der Waals surface area contributed by atoms with Crippen molar-refractivity contribution in [1.82, 2.24) is 10.2 Å². The minimum Gasteiger partial charge on any atom is -0.351 e. The summed E-state index contributed by atoms with van der Waals surface area (Å²) < 4.78 is 23.2. The van der Waals surface area contributed by atoms with Crippen molar-refractivity contribution in [3.05, 3.63) is 29.8 Å². The number of thioether (sulfide) groups is 1. The number of sulfone groups is 1. The van der Waals surface area contributed by atoms with Gasteiger partial charge in [0.2, 0.25) is 0 Å². The summed E-state index contributed by atoms with van der Waals surface area (Å²) in [6.07, 6.45) is 0. The van der Waals surface area contributed by atoms with Crippen LogP contribution in [0.5, 0.6) is 0 Å². The number of carbonyl (C=O) groups excluding carboxylic acids is 1. The normalized spacial score (nSPS) is 23.1. The van der Waals surface area contributed by atoms with E-state index in [4.69, 9.17) is 0 Å². The summed E-state index contributed by atoms with van der Waals surface area (Å²) in [5, 5.41) is 6.92. The Hall–Kier alpha value is -1.58. The second kappa shape index (κ2) is 8.62. The number of aliphatic imine (C=N–C) groups is 1. The molecule has 27 heavy (non-hydrogen) atoms. The first-order chi connectivity index (χ1) is 12.9. The molecule has 0 radical (unpaired) electrons. The van der Waals surface area contributed by atoms with Gasteiger partial charge >= 0.3 is 0 Å². The minimum absolute atomic E-state index is 0.0216. The molecule has 2 atom stereocenters. The summed E-state index contributed by atoms with van der Waals surface area (Å²) in [6.45, 7) is 7.63. The maximum atomic E-state index is 12.2. The molecule has 1 aromatic rings. The molecule has 0 aliphatic carbocycles. The van der Waals surface area contributed by atoms with E-state index < -0.39 is 9.84 Å². The third kappa shape index (κ3) is 5.24. The number of amides is 1. The van der Waals surface area contributed by atoms with E-state index in [9.17, 15) is 13.2 Å². The third-order valence-corrected chi connectivity index (χ3v) is 7.97. The van der Waals surface area contributed by atoms with E-state index in [0.717, 1.165) is 30.5 Å². The van der Waals surface area contributed by atoms with Gasteiger partial charge in [0.05, 0.1) is 17.5 Å². The number of hydrogen-bond donors (Lipinski definition) is 2. The molecule has 2 aliphatic heterocycles. The number of rotatable bonds is 7. The first kappa shape index (κ1) is 20.2. The van der Waals surface area contributed by atoms with E-state index in [1.807, 2.05) is 12.1 Å². The van der Waals surface area contributed by atoms with Crippen LogP contribution in [0.1, 0.15) is 24.2 Å². The average Bonchev–Trinajstić information content (AvgIpc) is 3.11. The quantitative estimate of drug-likeness (QED) is 0.707. The van der Waals surface area contributed by atoms with Gasteiger partial charge in [-0.15, -0.1) is 0 Å². The fourth-order valence-corrected chi connectivity index (χ4v) is 6.89. The Kier molecular flexibility index (Phi) is 6.44. The second-order valence-corrected chi connectivity index (χ2v) is 10.1. The van der Waals surface area contributed by atoms with E-state index in [-0.39, 0.29) is 28.7 Å².